The molecular weight excluding hydrogens is 368 g/mol. The van der Waals surface area contributed by atoms with E-state index in [1.807, 2.05) is 25.7 Å². The van der Waals surface area contributed by atoms with E-state index in [0.29, 0.717) is 6.61 Å². The van der Waals surface area contributed by atoms with Crippen LogP contribution in [0, 0.1) is 0 Å². The second kappa shape index (κ2) is 8.52. The van der Waals surface area contributed by atoms with Gasteiger partial charge in [0.05, 0.1) is 25.9 Å². The van der Waals surface area contributed by atoms with Gasteiger partial charge in [0.2, 0.25) is 0 Å². The first-order valence-corrected chi connectivity index (χ1v) is 10.9. The summed E-state index contributed by atoms with van der Waals surface area (Å²) in [5.74, 6) is 0. The van der Waals surface area contributed by atoms with Crippen molar-refractivity contribution in [2.75, 3.05) is 31.2 Å². The number of hydrogen-bond donors (Lipinski definition) is 0. The number of benzene rings is 1. The molecule has 0 radical (unpaired) electrons. The number of hydrogen-bond acceptors (Lipinski definition) is 5. The molecule has 1 amide bonds. The Hall–Kier alpha value is -1.79. The number of piperidine rings is 1. The van der Waals surface area contributed by atoms with E-state index < -0.39 is 5.60 Å². The molecule has 0 aromatic heterocycles. The lowest BCUT2D eigenvalue weighted by atomic mass is 10.00. The van der Waals surface area contributed by atoms with Crippen LogP contribution in [0.4, 0.5) is 10.5 Å². The van der Waals surface area contributed by atoms with Crippen LogP contribution in [0.15, 0.2) is 24.3 Å². The van der Waals surface area contributed by atoms with Crippen LogP contribution in [0.25, 0.3) is 0 Å². The van der Waals surface area contributed by atoms with Crippen molar-refractivity contribution >= 4 is 11.8 Å². The minimum atomic E-state index is -0.451. The molecule has 2 bridgehead atoms. The standard InChI is InChI=1S/C23H34N2O4/c1-23(2,3)29-22(26)25-18-8-9-19(25)15-20(14-18)28-16-17-6-4-5-7-21(17)24-10-12-27-13-11-24/h4-7,18-20H,8-16H2,1-3H3. The van der Waals surface area contributed by atoms with Crippen LogP contribution in [-0.2, 0) is 20.8 Å². The van der Waals surface area contributed by atoms with Gasteiger partial charge in [-0.3, -0.25) is 0 Å². The zero-order chi connectivity index (χ0) is 20.4. The number of para-hydroxylation sites is 1. The molecule has 3 saturated heterocycles. The molecule has 0 N–H and O–H groups in total. The number of amides is 1. The highest BCUT2D eigenvalue weighted by Crippen LogP contribution is 2.38. The molecule has 2 unspecified atom stereocenters. The minimum absolute atomic E-state index is 0.166. The van der Waals surface area contributed by atoms with Gasteiger partial charge in [-0.05, 0) is 52.5 Å². The summed E-state index contributed by atoms with van der Waals surface area (Å²) in [4.78, 5) is 17.0. The molecule has 29 heavy (non-hydrogen) atoms. The van der Waals surface area contributed by atoms with Gasteiger partial charge in [-0.25, -0.2) is 4.79 Å². The smallest absolute Gasteiger partial charge is 0.410 e. The monoisotopic (exact) mass is 402 g/mol. The third kappa shape index (κ3) is 4.86. The molecule has 3 aliphatic heterocycles. The van der Waals surface area contributed by atoms with Gasteiger partial charge in [0.1, 0.15) is 5.60 Å². The molecule has 0 aliphatic carbocycles. The Morgan fingerprint density at radius 3 is 2.41 bits per heavy atom. The molecule has 6 heteroatoms. The van der Waals surface area contributed by atoms with Crippen LogP contribution < -0.4 is 4.90 Å². The van der Waals surface area contributed by atoms with Crippen LogP contribution in [0.1, 0.15) is 52.0 Å². The second-order valence-electron chi connectivity index (χ2n) is 9.41. The van der Waals surface area contributed by atoms with Crippen LogP contribution in [0.2, 0.25) is 0 Å². The summed E-state index contributed by atoms with van der Waals surface area (Å²) in [5, 5.41) is 0. The Morgan fingerprint density at radius 1 is 1.10 bits per heavy atom. The SMILES string of the molecule is CC(C)(C)OC(=O)N1C2CCC1CC(OCc1ccccc1N1CCOCC1)C2. The van der Waals surface area contributed by atoms with Gasteiger partial charge in [0, 0.05) is 36.4 Å². The molecule has 4 rings (SSSR count). The highest BCUT2D eigenvalue weighted by atomic mass is 16.6. The van der Waals surface area contributed by atoms with Crippen LogP contribution in [0.5, 0.6) is 0 Å². The summed E-state index contributed by atoms with van der Waals surface area (Å²) < 4.78 is 17.5. The van der Waals surface area contributed by atoms with Crippen molar-refractivity contribution in [3.63, 3.8) is 0 Å². The van der Waals surface area contributed by atoms with Crippen LogP contribution >= 0.6 is 0 Å². The summed E-state index contributed by atoms with van der Waals surface area (Å²) in [6, 6.07) is 8.99. The number of carbonyl (C=O) groups excluding carboxylic acids is 1. The third-order valence-electron chi connectivity index (χ3n) is 6.11. The average Bonchev–Trinajstić information content (AvgIpc) is 2.97. The van der Waals surface area contributed by atoms with Gasteiger partial charge in [0.25, 0.3) is 0 Å². The Morgan fingerprint density at radius 2 is 1.76 bits per heavy atom. The average molecular weight is 403 g/mol. The first-order chi connectivity index (χ1) is 13.9. The van der Waals surface area contributed by atoms with Gasteiger partial charge in [-0.2, -0.15) is 0 Å². The molecule has 3 fully saturated rings. The van der Waals surface area contributed by atoms with Crippen molar-refractivity contribution in [1.82, 2.24) is 4.90 Å². The molecular formula is C23H34N2O4. The predicted octanol–water partition coefficient (Wildman–Crippen LogP) is 3.97. The van der Waals surface area contributed by atoms with E-state index in [1.54, 1.807) is 0 Å². The maximum Gasteiger partial charge on any atom is 0.410 e. The molecule has 1 aromatic carbocycles. The van der Waals surface area contributed by atoms with Gasteiger partial charge in [0.15, 0.2) is 0 Å². The Balaban J connectivity index is 1.35. The lowest BCUT2D eigenvalue weighted by Crippen LogP contribution is -2.50. The zero-order valence-corrected chi connectivity index (χ0v) is 17.9. The van der Waals surface area contributed by atoms with E-state index in [9.17, 15) is 4.79 Å². The number of ether oxygens (including phenoxy) is 3. The third-order valence-corrected chi connectivity index (χ3v) is 6.11. The first kappa shape index (κ1) is 20.5. The largest absolute Gasteiger partial charge is 0.444 e. The Labute approximate surface area is 174 Å². The molecule has 2 atom stereocenters. The van der Waals surface area contributed by atoms with E-state index in [2.05, 4.69) is 29.2 Å². The second-order valence-corrected chi connectivity index (χ2v) is 9.41. The summed E-state index contributed by atoms with van der Waals surface area (Å²) >= 11 is 0. The number of morpholine rings is 1. The fraction of sp³-hybridized carbons (Fsp3) is 0.696. The lowest BCUT2D eigenvalue weighted by Gasteiger charge is -2.39. The fourth-order valence-electron chi connectivity index (χ4n) is 4.83. The number of carbonyl (C=O) groups is 1. The van der Waals surface area contributed by atoms with E-state index in [4.69, 9.17) is 14.2 Å². The molecule has 3 heterocycles. The van der Waals surface area contributed by atoms with E-state index in [0.717, 1.165) is 52.0 Å². The van der Waals surface area contributed by atoms with Crippen molar-refractivity contribution in [2.45, 2.75) is 76.9 Å². The number of fused-ring (bicyclic) bond motifs is 2. The lowest BCUT2D eigenvalue weighted by molar-refractivity contribution is -0.0396. The maximum absolute atomic E-state index is 12.6. The Kier molecular flexibility index (Phi) is 6.02. The van der Waals surface area contributed by atoms with Crippen LogP contribution in [-0.4, -0.2) is 61.1 Å². The van der Waals surface area contributed by atoms with E-state index in [-0.39, 0.29) is 24.3 Å². The molecule has 0 spiro atoms. The quantitative estimate of drug-likeness (QED) is 0.763. The summed E-state index contributed by atoms with van der Waals surface area (Å²) in [6.07, 6.45) is 3.93. The predicted molar refractivity (Wildman–Crippen MR) is 112 cm³/mol. The van der Waals surface area contributed by atoms with Gasteiger partial charge >= 0.3 is 6.09 Å². The Bertz CT molecular complexity index is 697. The summed E-state index contributed by atoms with van der Waals surface area (Å²) in [6.45, 7) is 9.80. The highest BCUT2D eigenvalue weighted by Gasteiger charge is 2.45. The van der Waals surface area contributed by atoms with Gasteiger partial charge in [-0.1, -0.05) is 18.2 Å². The van der Waals surface area contributed by atoms with Crippen molar-refractivity contribution in [3.05, 3.63) is 29.8 Å². The molecule has 6 nitrogen and oxygen atoms in total. The van der Waals surface area contributed by atoms with Crippen molar-refractivity contribution < 1.29 is 19.0 Å². The molecule has 3 aliphatic rings. The molecule has 0 saturated carbocycles. The van der Waals surface area contributed by atoms with Crippen LogP contribution in [0.3, 0.4) is 0 Å². The number of nitrogens with zero attached hydrogens (tertiary/aromatic N) is 2. The molecule has 1 aromatic rings. The minimum Gasteiger partial charge on any atom is -0.444 e. The fourth-order valence-corrected chi connectivity index (χ4v) is 4.83. The summed E-state index contributed by atoms with van der Waals surface area (Å²) in [7, 11) is 0. The highest BCUT2D eigenvalue weighted by molar-refractivity contribution is 5.69. The van der Waals surface area contributed by atoms with Crippen molar-refractivity contribution in [1.29, 1.82) is 0 Å². The maximum atomic E-state index is 12.6. The van der Waals surface area contributed by atoms with E-state index >= 15 is 0 Å². The first-order valence-electron chi connectivity index (χ1n) is 10.9. The number of anilines is 1. The normalized spacial score (nSPS) is 27.2. The van der Waals surface area contributed by atoms with Gasteiger partial charge in [-0.15, -0.1) is 0 Å². The number of rotatable bonds is 4. The van der Waals surface area contributed by atoms with E-state index in [1.165, 1.54) is 11.3 Å². The van der Waals surface area contributed by atoms with Crippen molar-refractivity contribution in [2.24, 2.45) is 0 Å². The van der Waals surface area contributed by atoms with Gasteiger partial charge < -0.3 is 24.0 Å². The summed E-state index contributed by atoms with van der Waals surface area (Å²) in [5.41, 5.74) is 2.04. The zero-order valence-electron chi connectivity index (χ0n) is 17.9. The van der Waals surface area contributed by atoms with Crippen molar-refractivity contribution in [3.8, 4) is 0 Å². The topological polar surface area (TPSA) is 51.2 Å². The molecule has 160 valence electrons.